The van der Waals surface area contributed by atoms with Crippen molar-refractivity contribution in [2.45, 2.75) is 40.2 Å². The van der Waals surface area contributed by atoms with Crippen LogP contribution in [0.25, 0.3) is 6.08 Å². The van der Waals surface area contributed by atoms with E-state index in [2.05, 4.69) is 6.58 Å². The average Bonchev–Trinajstić information content (AvgIpc) is 3.08. The molecule has 0 aliphatic carbocycles. The summed E-state index contributed by atoms with van der Waals surface area (Å²) >= 11 is 6.55. The molecule has 0 spiro atoms. The lowest BCUT2D eigenvalue weighted by Crippen LogP contribution is -2.43. The van der Waals surface area contributed by atoms with E-state index in [1.807, 2.05) is 17.9 Å². The van der Waals surface area contributed by atoms with Crippen LogP contribution >= 0.6 is 24.0 Å². The lowest BCUT2D eigenvalue weighted by Gasteiger charge is -2.36. The van der Waals surface area contributed by atoms with Gasteiger partial charge in [0.25, 0.3) is 11.5 Å². The zero-order chi connectivity index (χ0) is 25.0. The molecule has 0 saturated carbocycles. The molecular formula is C24H28N4O4S2. The Labute approximate surface area is 208 Å². The lowest BCUT2D eigenvalue weighted by atomic mass is 9.96. The minimum absolute atomic E-state index is 0.0392. The summed E-state index contributed by atoms with van der Waals surface area (Å²) < 4.78 is 7.22. The van der Waals surface area contributed by atoms with Gasteiger partial charge in [0.1, 0.15) is 21.8 Å². The summed E-state index contributed by atoms with van der Waals surface area (Å²) in [5.74, 6) is -0.207. The molecule has 3 rings (SSSR count). The van der Waals surface area contributed by atoms with Crippen LogP contribution in [0.15, 0.2) is 22.4 Å². The minimum Gasteiger partial charge on any atom is -0.466 e. The van der Waals surface area contributed by atoms with Gasteiger partial charge < -0.3 is 9.64 Å². The Morgan fingerprint density at radius 1 is 1.38 bits per heavy atom. The van der Waals surface area contributed by atoms with Crippen molar-refractivity contribution in [2.75, 3.05) is 31.1 Å². The van der Waals surface area contributed by atoms with Gasteiger partial charge >= 0.3 is 5.97 Å². The van der Waals surface area contributed by atoms with E-state index in [0.717, 1.165) is 6.42 Å². The number of aromatic nitrogens is 1. The van der Waals surface area contributed by atoms with Gasteiger partial charge in [-0.3, -0.25) is 23.9 Å². The number of nitrogens with zero attached hydrogens (tertiary/aromatic N) is 4. The van der Waals surface area contributed by atoms with E-state index in [-0.39, 0.29) is 28.9 Å². The molecule has 1 amide bonds. The van der Waals surface area contributed by atoms with Gasteiger partial charge in [-0.1, -0.05) is 30.1 Å². The van der Waals surface area contributed by atoms with Crippen LogP contribution < -0.4 is 10.5 Å². The summed E-state index contributed by atoms with van der Waals surface area (Å²) in [7, 11) is 0. The van der Waals surface area contributed by atoms with Crippen molar-refractivity contribution in [3.05, 3.63) is 44.6 Å². The molecule has 180 valence electrons. The molecule has 1 aromatic heterocycles. The van der Waals surface area contributed by atoms with E-state index in [0.29, 0.717) is 65.4 Å². The number of carbonyl (C=O) groups is 2. The number of amides is 1. The van der Waals surface area contributed by atoms with Crippen LogP contribution in [0.2, 0.25) is 0 Å². The van der Waals surface area contributed by atoms with Gasteiger partial charge in [-0.25, -0.2) is 0 Å². The summed E-state index contributed by atoms with van der Waals surface area (Å²) in [6, 6.07) is 2.03. The van der Waals surface area contributed by atoms with Gasteiger partial charge in [0.05, 0.1) is 17.4 Å². The minimum atomic E-state index is -0.382. The maximum absolute atomic E-state index is 13.2. The number of thiocarbonyl (C=S) groups is 1. The fourth-order valence-corrected chi connectivity index (χ4v) is 5.57. The highest BCUT2D eigenvalue weighted by Gasteiger charge is 2.34. The van der Waals surface area contributed by atoms with Crippen LogP contribution in [-0.2, 0) is 20.9 Å². The Kier molecular flexibility index (Phi) is 8.33. The van der Waals surface area contributed by atoms with Gasteiger partial charge in [-0.05, 0) is 45.3 Å². The van der Waals surface area contributed by atoms with E-state index in [9.17, 15) is 19.6 Å². The van der Waals surface area contributed by atoms with Crippen molar-refractivity contribution in [3.63, 3.8) is 0 Å². The van der Waals surface area contributed by atoms with E-state index >= 15 is 0 Å². The first kappa shape index (κ1) is 25.7. The van der Waals surface area contributed by atoms with E-state index in [1.165, 1.54) is 16.7 Å². The normalized spacial score (nSPS) is 19.5. The summed E-state index contributed by atoms with van der Waals surface area (Å²) in [6.45, 7) is 11.0. The lowest BCUT2D eigenvalue weighted by molar-refractivity contribution is -0.148. The highest BCUT2D eigenvalue weighted by Crippen LogP contribution is 2.36. The van der Waals surface area contributed by atoms with Crippen molar-refractivity contribution in [3.8, 4) is 6.07 Å². The van der Waals surface area contributed by atoms with Crippen LogP contribution in [-0.4, -0.2) is 51.9 Å². The van der Waals surface area contributed by atoms with Crippen molar-refractivity contribution >= 4 is 52.1 Å². The second-order valence-electron chi connectivity index (χ2n) is 8.02. The Bertz CT molecular complexity index is 1160. The third-order valence-electron chi connectivity index (χ3n) is 5.96. The molecule has 0 radical (unpaired) electrons. The number of anilines is 1. The third kappa shape index (κ3) is 4.81. The molecule has 0 N–H and O–H groups in total. The summed E-state index contributed by atoms with van der Waals surface area (Å²) in [6.07, 6.45) is 4.78. The number of ether oxygens (including phenoxy) is 1. The highest BCUT2D eigenvalue weighted by atomic mass is 32.2. The zero-order valence-corrected chi connectivity index (χ0v) is 21.3. The molecule has 34 heavy (non-hydrogen) atoms. The molecule has 1 aromatic rings. The van der Waals surface area contributed by atoms with Gasteiger partial charge in [-0.15, -0.1) is 6.58 Å². The van der Waals surface area contributed by atoms with Crippen LogP contribution in [0.5, 0.6) is 0 Å². The molecule has 10 heteroatoms. The fourth-order valence-electron chi connectivity index (χ4n) is 4.32. The molecule has 0 bridgehead atoms. The van der Waals surface area contributed by atoms with Gasteiger partial charge in [0.15, 0.2) is 0 Å². The van der Waals surface area contributed by atoms with E-state index < -0.39 is 0 Å². The number of rotatable bonds is 7. The number of hydrogen-bond acceptors (Lipinski definition) is 8. The Balaban J connectivity index is 2.18. The number of hydrogen-bond donors (Lipinski definition) is 0. The SMILES string of the molecule is C=CCN1C(=O)C(=Cc2c(C)c(C#N)c(=O)n(CC)c2N2CCCC(C(=O)OCC)C2)SC1=S. The predicted molar refractivity (Wildman–Crippen MR) is 137 cm³/mol. The smallest absolute Gasteiger partial charge is 0.310 e. The van der Waals surface area contributed by atoms with Crippen molar-refractivity contribution in [1.82, 2.24) is 9.47 Å². The summed E-state index contributed by atoms with van der Waals surface area (Å²) in [4.78, 5) is 42.5. The molecule has 2 aliphatic rings. The molecule has 8 nitrogen and oxygen atoms in total. The molecule has 1 unspecified atom stereocenters. The fraction of sp³-hybridized carbons (Fsp3) is 0.458. The predicted octanol–water partition coefficient (Wildman–Crippen LogP) is 3.22. The van der Waals surface area contributed by atoms with Crippen LogP contribution in [0.3, 0.4) is 0 Å². The number of nitriles is 1. The largest absolute Gasteiger partial charge is 0.466 e. The quantitative estimate of drug-likeness (QED) is 0.244. The maximum Gasteiger partial charge on any atom is 0.310 e. The molecule has 2 saturated heterocycles. The Morgan fingerprint density at radius 2 is 2.12 bits per heavy atom. The van der Waals surface area contributed by atoms with Gasteiger partial charge in [0.2, 0.25) is 0 Å². The number of thioether (sulfide) groups is 1. The maximum atomic E-state index is 13.2. The topological polar surface area (TPSA) is 95.6 Å². The molecule has 0 aromatic carbocycles. The van der Waals surface area contributed by atoms with Gasteiger partial charge in [-0.2, -0.15) is 5.26 Å². The number of carbonyl (C=O) groups excluding carboxylic acids is 2. The van der Waals surface area contributed by atoms with E-state index in [1.54, 1.807) is 30.6 Å². The van der Waals surface area contributed by atoms with Gasteiger partial charge in [0, 0.05) is 31.7 Å². The molecule has 1 atom stereocenters. The summed E-state index contributed by atoms with van der Waals surface area (Å²) in [5, 5.41) is 9.71. The zero-order valence-electron chi connectivity index (χ0n) is 19.6. The van der Waals surface area contributed by atoms with Crippen LogP contribution in [0.1, 0.15) is 43.4 Å². The van der Waals surface area contributed by atoms with Crippen molar-refractivity contribution < 1.29 is 14.3 Å². The summed E-state index contributed by atoms with van der Waals surface area (Å²) in [5.41, 5.74) is 0.769. The molecule has 2 fully saturated rings. The average molecular weight is 501 g/mol. The number of piperidine rings is 1. The van der Waals surface area contributed by atoms with E-state index in [4.69, 9.17) is 17.0 Å². The second-order valence-corrected chi connectivity index (χ2v) is 9.69. The van der Waals surface area contributed by atoms with Crippen LogP contribution in [0, 0.1) is 24.2 Å². The first-order valence-corrected chi connectivity index (χ1v) is 12.5. The van der Waals surface area contributed by atoms with Crippen LogP contribution in [0.4, 0.5) is 5.82 Å². The molecule has 2 aliphatic heterocycles. The Morgan fingerprint density at radius 3 is 2.74 bits per heavy atom. The number of esters is 1. The first-order chi connectivity index (χ1) is 16.3. The van der Waals surface area contributed by atoms with Crippen molar-refractivity contribution in [2.24, 2.45) is 5.92 Å². The third-order valence-corrected chi connectivity index (χ3v) is 7.34. The van der Waals surface area contributed by atoms with Crippen molar-refractivity contribution in [1.29, 1.82) is 5.26 Å². The first-order valence-electron chi connectivity index (χ1n) is 11.2. The monoisotopic (exact) mass is 500 g/mol. The Hall–Kier alpha value is -2.90. The second kappa shape index (κ2) is 11.0. The molecular weight excluding hydrogens is 472 g/mol. The standard InChI is InChI=1S/C24H28N4O4S2/c1-5-10-28-22(30)19(34-24(28)33)12-17-15(4)18(13-25)21(29)27(6-2)20(17)26-11-8-9-16(14-26)23(31)32-7-3/h5,12,16H,1,6-11,14H2,2-4H3. The highest BCUT2D eigenvalue weighted by molar-refractivity contribution is 8.26. The molecule has 3 heterocycles. The number of pyridine rings is 1.